The van der Waals surface area contributed by atoms with Gasteiger partial charge in [0.05, 0.1) is 4.90 Å². The van der Waals surface area contributed by atoms with E-state index in [1.54, 1.807) is 23.1 Å². The second-order valence-electron chi connectivity index (χ2n) is 7.53. The van der Waals surface area contributed by atoms with Crippen molar-refractivity contribution >= 4 is 21.6 Å². The van der Waals surface area contributed by atoms with Crippen LogP contribution < -0.4 is 9.62 Å². The monoisotopic (exact) mass is 420 g/mol. The fraction of sp³-hybridized carbons (Fsp3) is 0.208. The molecule has 30 heavy (non-hydrogen) atoms. The number of aryl methyl sites for hydroxylation is 2. The van der Waals surface area contributed by atoms with E-state index >= 15 is 0 Å². The number of sulfonamides is 1. The molecule has 0 radical (unpaired) electrons. The number of carbonyl (C=O) groups excluding carboxylic acids is 1. The van der Waals surface area contributed by atoms with Gasteiger partial charge in [-0.25, -0.2) is 13.1 Å². The van der Waals surface area contributed by atoms with Gasteiger partial charge >= 0.3 is 0 Å². The molecule has 0 spiro atoms. The maximum atomic E-state index is 13.0. The summed E-state index contributed by atoms with van der Waals surface area (Å²) in [5.74, 6) is -0.0613. The molecule has 6 heteroatoms. The zero-order valence-corrected chi connectivity index (χ0v) is 17.7. The van der Waals surface area contributed by atoms with E-state index in [1.165, 1.54) is 0 Å². The van der Waals surface area contributed by atoms with E-state index in [9.17, 15) is 13.2 Å². The van der Waals surface area contributed by atoms with Gasteiger partial charge in [-0.1, -0.05) is 48.0 Å². The molecule has 0 aromatic heterocycles. The smallest absolute Gasteiger partial charge is 0.258 e. The number of benzene rings is 3. The van der Waals surface area contributed by atoms with Gasteiger partial charge in [-0.15, -0.1) is 0 Å². The first-order chi connectivity index (χ1) is 14.4. The first-order valence-corrected chi connectivity index (χ1v) is 11.5. The van der Waals surface area contributed by atoms with Crippen LogP contribution in [0.25, 0.3) is 0 Å². The average Bonchev–Trinajstić information content (AvgIpc) is 2.78. The molecule has 5 nitrogen and oxygen atoms in total. The molecule has 0 saturated carbocycles. The Morgan fingerprint density at radius 3 is 2.47 bits per heavy atom. The van der Waals surface area contributed by atoms with E-state index in [0.29, 0.717) is 12.1 Å². The second kappa shape index (κ2) is 8.42. The highest BCUT2D eigenvalue weighted by molar-refractivity contribution is 7.89. The maximum Gasteiger partial charge on any atom is 0.258 e. The number of nitrogens with one attached hydrogen (secondary N) is 1. The van der Waals surface area contributed by atoms with Gasteiger partial charge in [0.15, 0.2) is 0 Å². The van der Waals surface area contributed by atoms with Crippen molar-refractivity contribution in [3.8, 4) is 0 Å². The van der Waals surface area contributed by atoms with Gasteiger partial charge in [0.2, 0.25) is 10.0 Å². The summed E-state index contributed by atoms with van der Waals surface area (Å²) in [6, 6.07) is 21.9. The lowest BCUT2D eigenvalue weighted by atomic mass is 10.0. The SMILES string of the molecule is Cc1ccc(C(=O)N2CCCc3cc(S(=O)(=O)NCc4ccccc4)ccc32)cc1. The molecule has 3 aromatic carbocycles. The molecular weight excluding hydrogens is 396 g/mol. The van der Waals surface area contributed by atoms with Crippen LogP contribution in [0.2, 0.25) is 0 Å². The van der Waals surface area contributed by atoms with Gasteiger partial charge in [-0.05, 0) is 61.2 Å². The van der Waals surface area contributed by atoms with Crippen LogP contribution in [0.3, 0.4) is 0 Å². The van der Waals surface area contributed by atoms with Crippen LogP contribution in [0, 0.1) is 6.92 Å². The topological polar surface area (TPSA) is 66.5 Å². The molecule has 1 N–H and O–H groups in total. The molecule has 1 amide bonds. The number of anilines is 1. The fourth-order valence-electron chi connectivity index (χ4n) is 3.66. The van der Waals surface area contributed by atoms with Crippen LogP contribution in [-0.2, 0) is 23.0 Å². The molecule has 0 unspecified atom stereocenters. The molecular formula is C24H24N2O3S. The largest absolute Gasteiger partial charge is 0.308 e. The number of fused-ring (bicyclic) bond motifs is 1. The van der Waals surface area contributed by atoms with Gasteiger partial charge in [0, 0.05) is 24.3 Å². The Morgan fingerprint density at radius 2 is 1.73 bits per heavy atom. The molecule has 4 rings (SSSR count). The molecule has 1 heterocycles. The van der Waals surface area contributed by atoms with Crippen molar-refractivity contribution in [2.24, 2.45) is 0 Å². The van der Waals surface area contributed by atoms with E-state index < -0.39 is 10.0 Å². The number of amides is 1. The highest BCUT2D eigenvalue weighted by Gasteiger charge is 2.25. The predicted molar refractivity (Wildman–Crippen MR) is 118 cm³/mol. The third-order valence-electron chi connectivity index (χ3n) is 5.33. The second-order valence-corrected chi connectivity index (χ2v) is 9.29. The first-order valence-electron chi connectivity index (χ1n) is 9.99. The zero-order chi connectivity index (χ0) is 21.1. The van der Waals surface area contributed by atoms with E-state index in [4.69, 9.17) is 0 Å². The predicted octanol–water partition coefficient (Wildman–Crippen LogP) is 4.07. The Kier molecular flexibility index (Phi) is 5.70. The van der Waals surface area contributed by atoms with Crippen LogP contribution in [-0.4, -0.2) is 20.9 Å². The minimum Gasteiger partial charge on any atom is -0.308 e. The summed E-state index contributed by atoms with van der Waals surface area (Å²) >= 11 is 0. The third kappa shape index (κ3) is 4.30. The minimum absolute atomic E-state index is 0.0613. The third-order valence-corrected chi connectivity index (χ3v) is 6.73. The molecule has 0 fully saturated rings. The van der Waals surface area contributed by atoms with Crippen LogP contribution in [0.5, 0.6) is 0 Å². The van der Waals surface area contributed by atoms with E-state index in [0.717, 1.165) is 35.2 Å². The lowest BCUT2D eigenvalue weighted by molar-refractivity contribution is 0.0985. The van der Waals surface area contributed by atoms with Crippen molar-refractivity contribution in [3.63, 3.8) is 0 Å². The van der Waals surface area contributed by atoms with E-state index in [2.05, 4.69) is 4.72 Å². The van der Waals surface area contributed by atoms with Crippen LogP contribution in [0.15, 0.2) is 77.7 Å². The van der Waals surface area contributed by atoms with Gasteiger partial charge in [0.1, 0.15) is 0 Å². The van der Waals surface area contributed by atoms with Crippen molar-refractivity contribution in [2.45, 2.75) is 31.2 Å². The number of rotatable bonds is 5. The number of hydrogen-bond acceptors (Lipinski definition) is 3. The Labute approximate surface area is 177 Å². The highest BCUT2D eigenvalue weighted by atomic mass is 32.2. The molecule has 1 aliphatic rings. The molecule has 0 atom stereocenters. The summed E-state index contributed by atoms with van der Waals surface area (Å²) in [5.41, 5.74) is 4.30. The minimum atomic E-state index is -3.64. The normalized spacial score (nSPS) is 13.7. The number of carbonyl (C=O) groups is 1. The number of nitrogens with zero attached hydrogens (tertiary/aromatic N) is 1. The lowest BCUT2D eigenvalue weighted by Gasteiger charge is -2.30. The lowest BCUT2D eigenvalue weighted by Crippen LogP contribution is -2.35. The molecule has 154 valence electrons. The maximum absolute atomic E-state index is 13.0. The first kappa shape index (κ1) is 20.3. The van der Waals surface area contributed by atoms with Gasteiger partial charge in [-0.2, -0.15) is 0 Å². The molecule has 3 aromatic rings. The van der Waals surface area contributed by atoms with E-state index in [1.807, 2.05) is 61.5 Å². The summed E-state index contributed by atoms with van der Waals surface area (Å²) in [5, 5.41) is 0. The van der Waals surface area contributed by atoms with Crippen molar-refractivity contribution in [1.82, 2.24) is 4.72 Å². The van der Waals surface area contributed by atoms with Crippen molar-refractivity contribution in [3.05, 3.63) is 95.1 Å². The Balaban J connectivity index is 1.57. The molecule has 0 bridgehead atoms. The summed E-state index contributed by atoms with van der Waals surface area (Å²) in [6.45, 7) is 2.84. The zero-order valence-electron chi connectivity index (χ0n) is 16.8. The summed E-state index contributed by atoms with van der Waals surface area (Å²) in [6.07, 6.45) is 1.54. The van der Waals surface area contributed by atoms with Gasteiger partial charge in [0.25, 0.3) is 5.91 Å². The van der Waals surface area contributed by atoms with Crippen LogP contribution in [0.4, 0.5) is 5.69 Å². The molecule has 0 saturated heterocycles. The number of hydrogen-bond donors (Lipinski definition) is 1. The summed E-state index contributed by atoms with van der Waals surface area (Å²) in [7, 11) is -3.64. The summed E-state index contributed by atoms with van der Waals surface area (Å²) < 4.78 is 28.2. The molecule has 1 aliphatic heterocycles. The van der Waals surface area contributed by atoms with Crippen molar-refractivity contribution in [2.75, 3.05) is 11.4 Å². The highest BCUT2D eigenvalue weighted by Crippen LogP contribution is 2.30. The Morgan fingerprint density at radius 1 is 1.00 bits per heavy atom. The van der Waals surface area contributed by atoms with Crippen LogP contribution in [0.1, 0.15) is 33.5 Å². The van der Waals surface area contributed by atoms with Crippen molar-refractivity contribution < 1.29 is 13.2 Å². The van der Waals surface area contributed by atoms with Crippen LogP contribution >= 0.6 is 0 Å². The average molecular weight is 421 g/mol. The summed E-state index contributed by atoms with van der Waals surface area (Å²) in [4.78, 5) is 15.0. The Bertz CT molecular complexity index is 1160. The van der Waals surface area contributed by atoms with Gasteiger partial charge < -0.3 is 4.90 Å². The van der Waals surface area contributed by atoms with Gasteiger partial charge in [-0.3, -0.25) is 4.79 Å². The molecule has 0 aliphatic carbocycles. The van der Waals surface area contributed by atoms with E-state index in [-0.39, 0.29) is 17.3 Å². The quantitative estimate of drug-likeness (QED) is 0.677. The Hall–Kier alpha value is -2.96. The van der Waals surface area contributed by atoms with Crippen molar-refractivity contribution in [1.29, 1.82) is 0 Å². The standard InChI is InChI=1S/C24H24N2O3S/c1-18-9-11-20(12-10-18)24(27)26-15-5-8-21-16-22(13-14-23(21)26)30(28,29)25-17-19-6-3-2-4-7-19/h2-4,6-7,9-14,16,25H,5,8,15,17H2,1H3. The fourth-order valence-corrected chi connectivity index (χ4v) is 4.73.